The lowest BCUT2D eigenvalue weighted by molar-refractivity contribution is -0.149. The van der Waals surface area contributed by atoms with Gasteiger partial charge in [-0.25, -0.2) is 0 Å². The molecule has 0 radical (unpaired) electrons. The van der Waals surface area contributed by atoms with Crippen LogP contribution in [-0.2, 0) is 9.53 Å². The lowest BCUT2D eigenvalue weighted by Gasteiger charge is -2.22. The van der Waals surface area contributed by atoms with Crippen molar-refractivity contribution in [2.45, 2.75) is 19.4 Å². The highest BCUT2D eigenvalue weighted by molar-refractivity contribution is 5.85. The van der Waals surface area contributed by atoms with Crippen LogP contribution in [0.1, 0.15) is 13.3 Å². The van der Waals surface area contributed by atoms with Crippen molar-refractivity contribution in [1.82, 2.24) is 0 Å². The Labute approximate surface area is 90.1 Å². The van der Waals surface area contributed by atoms with E-state index in [0.717, 1.165) is 6.42 Å². The van der Waals surface area contributed by atoms with Crippen LogP contribution in [0.5, 0.6) is 0 Å². The Morgan fingerprint density at radius 3 is 2.64 bits per heavy atom. The second-order valence-corrected chi connectivity index (χ2v) is 3.80. The van der Waals surface area contributed by atoms with Crippen LogP contribution >= 0.6 is 12.4 Å². The molecule has 1 fully saturated rings. The van der Waals surface area contributed by atoms with E-state index < -0.39 is 0 Å². The molecule has 0 amide bonds. The zero-order valence-corrected chi connectivity index (χ0v) is 9.00. The molecule has 0 aromatic rings. The summed E-state index contributed by atoms with van der Waals surface area (Å²) in [7, 11) is 0. The standard InChI is InChI=1S/C10H15NO2.ClH/c1-2-13-10(12)8-6-3-4-7(5-6)9(8)11;/h3-4,6-9H,2,5,11H2,1H3;1H/t6?,7?,8-,9+;/m1./s1. The highest BCUT2D eigenvalue weighted by Crippen LogP contribution is 2.43. The van der Waals surface area contributed by atoms with Gasteiger partial charge in [-0.05, 0) is 25.2 Å². The number of ether oxygens (including phenoxy) is 1. The minimum absolute atomic E-state index is 0. The molecule has 80 valence electrons. The predicted molar refractivity (Wildman–Crippen MR) is 56.1 cm³/mol. The number of allylic oxidation sites excluding steroid dienone is 1. The van der Waals surface area contributed by atoms with Gasteiger partial charge in [-0.1, -0.05) is 12.2 Å². The van der Waals surface area contributed by atoms with Gasteiger partial charge in [-0.3, -0.25) is 4.79 Å². The van der Waals surface area contributed by atoms with Gasteiger partial charge in [0.25, 0.3) is 0 Å². The van der Waals surface area contributed by atoms with Gasteiger partial charge in [0, 0.05) is 6.04 Å². The topological polar surface area (TPSA) is 52.3 Å². The molecule has 2 unspecified atom stereocenters. The molecule has 2 bridgehead atoms. The molecule has 4 atom stereocenters. The van der Waals surface area contributed by atoms with E-state index in [1.54, 1.807) is 0 Å². The predicted octanol–water partition coefficient (Wildman–Crippen LogP) is 1.12. The summed E-state index contributed by atoms with van der Waals surface area (Å²) in [6.45, 7) is 2.27. The largest absolute Gasteiger partial charge is 0.466 e. The maximum atomic E-state index is 11.5. The lowest BCUT2D eigenvalue weighted by atomic mass is 9.90. The van der Waals surface area contributed by atoms with Gasteiger partial charge in [0.15, 0.2) is 0 Å². The van der Waals surface area contributed by atoms with Gasteiger partial charge in [0.1, 0.15) is 0 Å². The van der Waals surface area contributed by atoms with E-state index in [9.17, 15) is 4.79 Å². The van der Waals surface area contributed by atoms with Crippen molar-refractivity contribution in [1.29, 1.82) is 0 Å². The minimum Gasteiger partial charge on any atom is -0.466 e. The Balaban J connectivity index is 0.000000980. The average Bonchev–Trinajstić information content (AvgIpc) is 2.63. The van der Waals surface area contributed by atoms with Gasteiger partial charge in [0.05, 0.1) is 12.5 Å². The third-order valence-corrected chi connectivity index (χ3v) is 3.08. The minimum atomic E-state index is -0.119. The van der Waals surface area contributed by atoms with Crippen molar-refractivity contribution >= 4 is 18.4 Å². The van der Waals surface area contributed by atoms with E-state index >= 15 is 0 Å². The smallest absolute Gasteiger partial charge is 0.311 e. The molecule has 1 saturated carbocycles. The highest BCUT2D eigenvalue weighted by atomic mass is 35.5. The van der Waals surface area contributed by atoms with Crippen molar-refractivity contribution in [2.75, 3.05) is 6.61 Å². The molecule has 0 heterocycles. The van der Waals surface area contributed by atoms with E-state index in [2.05, 4.69) is 12.2 Å². The Hall–Kier alpha value is -0.540. The van der Waals surface area contributed by atoms with Crippen LogP contribution in [0, 0.1) is 17.8 Å². The van der Waals surface area contributed by atoms with Crippen molar-refractivity contribution in [3.8, 4) is 0 Å². The van der Waals surface area contributed by atoms with Gasteiger partial charge in [-0.15, -0.1) is 12.4 Å². The molecule has 2 rings (SSSR count). The number of hydrogen-bond donors (Lipinski definition) is 1. The Kier molecular flexibility index (Phi) is 3.56. The number of hydrogen-bond acceptors (Lipinski definition) is 3. The molecule has 2 aliphatic rings. The number of esters is 1. The molecule has 3 nitrogen and oxygen atoms in total. The lowest BCUT2D eigenvalue weighted by Crippen LogP contribution is -2.39. The number of rotatable bonds is 2. The quantitative estimate of drug-likeness (QED) is 0.557. The molecule has 0 aromatic carbocycles. The van der Waals surface area contributed by atoms with Crippen molar-refractivity contribution in [2.24, 2.45) is 23.5 Å². The summed E-state index contributed by atoms with van der Waals surface area (Å²) >= 11 is 0. The van der Waals surface area contributed by atoms with Crippen molar-refractivity contribution in [3.63, 3.8) is 0 Å². The summed E-state index contributed by atoms with van der Waals surface area (Å²) in [5, 5.41) is 0. The van der Waals surface area contributed by atoms with Crippen LogP contribution in [0.25, 0.3) is 0 Å². The third-order valence-electron chi connectivity index (χ3n) is 3.08. The summed E-state index contributed by atoms with van der Waals surface area (Å²) in [5.74, 6) is 0.528. The van der Waals surface area contributed by atoms with E-state index in [1.807, 2.05) is 6.92 Å². The van der Waals surface area contributed by atoms with Crippen LogP contribution in [0.15, 0.2) is 12.2 Å². The van der Waals surface area contributed by atoms with Crippen molar-refractivity contribution in [3.05, 3.63) is 12.2 Å². The summed E-state index contributed by atoms with van der Waals surface area (Å²) in [5.41, 5.74) is 5.94. The highest BCUT2D eigenvalue weighted by Gasteiger charge is 2.46. The first-order valence-corrected chi connectivity index (χ1v) is 4.84. The molecule has 0 aromatic heterocycles. The van der Waals surface area contributed by atoms with E-state index in [4.69, 9.17) is 10.5 Å². The fourth-order valence-corrected chi connectivity index (χ4v) is 2.43. The summed E-state index contributed by atoms with van der Waals surface area (Å²) in [6, 6.07) is -0.0194. The molecule has 2 aliphatic carbocycles. The van der Waals surface area contributed by atoms with E-state index in [0.29, 0.717) is 18.4 Å². The molecule has 14 heavy (non-hydrogen) atoms. The van der Waals surface area contributed by atoms with Gasteiger partial charge in [0.2, 0.25) is 0 Å². The number of carbonyl (C=O) groups excluding carboxylic acids is 1. The summed E-state index contributed by atoms with van der Waals surface area (Å²) in [6.07, 6.45) is 5.27. The number of carbonyl (C=O) groups is 1. The molecular formula is C10H16ClNO2. The fraction of sp³-hybridized carbons (Fsp3) is 0.700. The monoisotopic (exact) mass is 217 g/mol. The third kappa shape index (κ3) is 1.66. The Morgan fingerprint density at radius 1 is 1.50 bits per heavy atom. The molecule has 0 saturated heterocycles. The Bertz CT molecular complexity index is 255. The van der Waals surface area contributed by atoms with Crippen LogP contribution in [0.3, 0.4) is 0 Å². The zero-order chi connectivity index (χ0) is 9.42. The second kappa shape index (κ2) is 4.32. The zero-order valence-electron chi connectivity index (χ0n) is 8.18. The van der Waals surface area contributed by atoms with Crippen LogP contribution in [0.2, 0.25) is 0 Å². The fourth-order valence-electron chi connectivity index (χ4n) is 2.43. The van der Waals surface area contributed by atoms with Crippen LogP contribution < -0.4 is 5.73 Å². The molecule has 2 N–H and O–H groups in total. The molecule has 0 aliphatic heterocycles. The Morgan fingerprint density at radius 2 is 2.14 bits per heavy atom. The van der Waals surface area contributed by atoms with Gasteiger partial charge in [-0.2, -0.15) is 0 Å². The van der Waals surface area contributed by atoms with Gasteiger partial charge >= 0.3 is 5.97 Å². The van der Waals surface area contributed by atoms with Crippen LogP contribution in [0.4, 0.5) is 0 Å². The van der Waals surface area contributed by atoms with E-state index in [1.165, 1.54) is 0 Å². The molecule has 0 spiro atoms. The maximum absolute atomic E-state index is 11.5. The average molecular weight is 218 g/mol. The van der Waals surface area contributed by atoms with E-state index in [-0.39, 0.29) is 30.3 Å². The van der Waals surface area contributed by atoms with Gasteiger partial charge < -0.3 is 10.5 Å². The molecular weight excluding hydrogens is 202 g/mol. The van der Waals surface area contributed by atoms with Crippen molar-refractivity contribution < 1.29 is 9.53 Å². The number of fused-ring (bicyclic) bond motifs is 2. The number of halogens is 1. The summed E-state index contributed by atoms with van der Waals surface area (Å²) < 4.78 is 5.00. The SMILES string of the molecule is CCOC(=O)[C@@H]1C2C=CC(C2)[C@@H]1N.Cl. The second-order valence-electron chi connectivity index (χ2n) is 3.80. The van der Waals surface area contributed by atoms with Crippen LogP contribution in [-0.4, -0.2) is 18.6 Å². The number of nitrogens with two attached hydrogens (primary N) is 1. The first-order valence-electron chi connectivity index (χ1n) is 4.84. The maximum Gasteiger partial charge on any atom is 0.311 e. The summed E-state index contributed by atoms with van der Waals surface area (Å²) in [4.78, 5) is 11.5. The normalized spacial score (nSPS) is 38.1. The first-order chi connectivity index (χ1) is 6.24. The first kappa shape index (κ1) is 11.5. The molecule has 4 heteroatoms.